The zero-order chi connectivity index (χ0) is 13.9. The molecule has 1 aliphatic heterocycles. The quantitative estimate of drug-likeness (QED) is 0.880. The minimum atomic E-state index is -0.710. The summed E-state index contributed by atoms with van der Waals surface area (Å²) in [5.74, 6) is -0.710. The molecule has 5 nitrogen and oxygen atoms in total. The van der Waals surface area contributed by atoms with Gasteiger partial charge in [-0.15, -0.1) is 0 Å². The number of rotatable bonds is 4. The van der Waals surface area contributed by atoms with Crippen molar-refractivity contribution >= 4 is 5.97 Å². The van der Waals surface area contributed by atoms with Crippen LogP contribution in [0.4, 0.5) is 0 Å². The predicted octanol–water partition coefficient (Wildman–Crippen LogP) is 1.06. The normalized spacial score (nSPS) is 19.5. The van der Waals surface area contributed by atoms with Gasteiger partial charge in [0.1, 0.15) is 5.54 Å². The van der Waals surface area contributed by atoms with Crippen molar-refractivity contribution in [3.63, 3.8) is 0 Å². The van der Waals surface area contributed by atoms with Gasteiger partial charge in [-0.3, -0.25) is 19.6 Å². The second-order valence-electron chi connectivity index (χ2n) is 5.37. The fourth-order valence-electron chi connectivity index (χ4n) is 2.68. The van der Waals surface area contributed by atoms with Crippen LogP contribution in [0, 0.1) is 0 Å². The molecule has 19 heavy (non-hydrogen) atoms. The Hall–Kier alpha value is -1.46. The molecule has 0 saturated carbocycles. The number of piperidine rings is 1. The Labute approximate surface area is 113 Å². The minimum absolute atomic E-state index is 0.662. The number of nitrogens with zero attached hydrogens (tertiary/aromatic N) is 3. The Balaban J connectivity index is 1.97. The van der Waals surface area contributed by atoms with E-state index in [0.717, 1.165) is 19.6 Å². The lowest BCUT2D eigenvalue weighted by molar-refractivity contribution is -0.153. The maximum atomic E-state index is 11.5. The molecule has 0 bridgehead atoms. The minimum Gasteiger partial charge on any atom is -0.480 e. The first-order valence-electron chi connectivity index (χ1n) is 6.57. The van der Waals surface area contributed by atoms with Gasteiger partial charge in [0.15, 0.2) is 0 Å². The van der Waals surface area contributed by atoms with Crippen LogP contribution in [0.25, 0.3) is 0 Å². The van der Waals surface area contributed by atoms with E-state index in [-0.39, 0.29) is 0 Å². The third-order valence-electron chi connectivity index (χ3n) is 4.07. The van der Waals surface area contributed by atoms with Crippen molar-refractivity contribution in [2.75, 3.05) is 27.2 Å². The molecule has 5 heteroatoms. The van der Waals surface area contributed by atoms with Crippen molar-refractivity contribution < 1.29 is 9.90 Å². The molecule has 2 heterocycles. The third-order valence-corrected chi connectivity index (χ3v) is 4.07. The number of carboxylic acids is 1. The van der Waals surface area contributed by atoms with Gasteiger partial charge in [-0.05, 0) is 38.6 Å². The Morgan fingerprint density at radius 3 is 2.63 bits per heavy atom. The highest BCUT2D eigenvalue weighted by Crippen LogP contribution is 2.28. The molecule has 1 aromatic heterocycles. The molecule has 0 spiro atoms. The van der Waals surface area contributed by atoms with Gasteiger partial charge >= 0.3 is 5.97 Å². The molecule has 1 saturated heterocycles. The van der Waals surface area contributed by atoms with E-state index < -0.39 is 11.5 Å². The van der Waals surface area contributed by atoms with Gasteiger partial charge in [0.05, 0.1) is 0 Å². The van der Waals surface area contributed by atoms with Gasteiger partial charge in [-0.1, -0.05) is 6.07 Å². The van der Waals surface area contributed by atoms with Crippen LogP contribution in [-0.2, 0) is 11.3 Å². The first-order chi connectivity index (χ1) is 9.04. The fraction of sp³-hybridized carbons (Fsp3) is 0.571. The van der Waals surface area contributed by atoms with E-state index in [1.807, 2.05) is 31.3 Å². The van der Waals surface area contributed by atoms with Crippen LogP contribution >= 0.6 is 0 Å². The lowest BCUT2D eigenvalue weighted by Gasteiger charge is -2.42. The molecule has 1 fully saturated rings. The van der Waals surface area contributed by atoms with E-state index in [1.165, 1.54) is 5.56 Å². The van der Waals surface area contributed by atoms with Crippen LogP contribution in [-0.4, -0.2) is 58.6 Å². The van der Waals surface area contributed by atoms with Crippen LogP contribution in [0.3, 0.4) is 0 Å². The SMILES string of the molecule is CN(C)C1(C(=O)O)CCN(Cc2cccnc2)CC1. The van der Waals surface area contributed by atoms with Crippen molar-refractivity contribution in [1.82, 2.24) is 14.8 Å². The Morgan fingerprint density at radius 2 is 2.16 bits per heavy atom. The Kier molecular flexibility index (Phi) is 4.17. The number of carbonyl (C=O) groups is 1. The number of pyridine rings is 1. The van der Waals surface area contributed by atoms with Crippen molar-refractivity contribution in [2.45, 2.75) is 24.9 Å². The maximum Gasteiger partial charge on any atom is 0.324 e. The van der Waals surface area contributed by atoms with E-state index in [0.29, 0.717) is 12.8 Å². The lowest BCUT2D eigenvalue weighted by atomic mass is 9.86. The van der Waals surface area contributed by atoms with Crippen LogP contribution < -0.4 is 0 Å². The highest BCUT2D eigenvalue weighted by Gasteiger charge is 2.43. The molecule has 104 valence electrons. The number of aliphatic carboxylic acids is 1. The summed E-state index contributed by atoms with van der Waals surface area (Å²) in [4.78, 5) is 19.8. The molecule has 0 aromatic carbocycles. The van der Waals surface area contributed by atoms with E-state index in [9.17, 15) is 9.90 Å². The van der Waals surface area contributed by atoms with Crippen molar-refractivity contribution in [2.24, 2.45) is 0 Å². The number of likely N-dealkylation sites (N-methyl/N-ethyl adjacent to an activating group) is 1. The van der Waals surface area contributed by atoms with Gasteiger partial charge < -0.3 is 5.11 Å². The largest absolute Gasteiger partial charge is 0.480 e. The smallest absolute Gasteiger partial charge is 0.324 e. The van der Waals surface area contributed by atoms with Crippen molar-refractivity contribution in [3.8, 4) is 0 Å². The summed E-state index contributed by atoms with van der Waals surface area (Å²) in [7, 11) is 3.70. The maximum absolute atomic E-state index is 11.5. The molecular formula is C14H21N3O2. The summed E-state index contributed by atoms with van der Waals surface area (Å²) in [5, 5.41) is 9.46. The van der Waals surface area contributed by atoms with Gasteiger partial charge in [-0.25, -0.2) is 0 Å². The van der Waals surface area contributed by atoms with Crippen molar-refractivity contribution in [3.05, 3.63) is 30.1 Å². The lowest BCUT2D eigenvalue weighted by Crippen LogP contribution is -2.57. The molecule has 1 aliphatic rings. The van der Waals surface area contributed by atoms with E-state index in [1.54, 1.807) is 6.20 Å². The van der Waals surface area contributed by atoms with Gasteiger partial charge in [0.2, 0.25) is 0 Å². The van der Waals surface area contributed by atoms with E-state index >= 15 is 0 Å². The van der Waals surface area contributed by atoms with Gasteiger partial charge in [-0.2, -0.15) is 0 Å². The molecule has 0 aliphatic carbocycles. The number of aromatic nitrogens is 1. The van der Waals surface area contributed by atoms with E-state index in [2.05, 4.69) is 16.0 Å². The predicted molar refractivity (Wildman–Crippen MR) is 72.8 cm³/mol. The number of hydrogen-bond donors (Lipinski definition) is 1. The average Bonchev–Trinajstić information content (AvgIpc) is 2.40. The highest BCUT2D eigenvalue weighted by atomic mass is 16.4. The summed E-state index contributed by atoms with van der Waals surface area (Å²) in [6.07, 6.45) is 4.96. The van der Waals surface area contributed by atoms with Gasteiger partial charge in [0.25, 0.3) is 0 Å². The average molecular weight is 263 g/mol. The molecule has 1 aromatic rings. The van der Waals surface area contributed by atoms with Gasteiger partial charge in [0, 0.05) is 32.0 Å². The monoisotopic (exact) mass is 263 g/mol. The van der Waals surface area contributed by atoms with E-state index in [4.69, 9.17) is 0 Å². The molecule has 0 amide bonds. The first kappa shape index (κ1) is 14.0. The summed E-state index contributed by atoms with van der Waals surface area (Å²) >= 11 is 0. The van der Waals surface area contributed by atoms with Crippen LogP contribution in [0.15, 0.2) is 24.5 Å². The standard InChI is InChI=1S/C14H21N3O2/c1-16(2)14(13(18)19)5-8-17(9-6-14)11-12-4-3-7-15-10-12/h3-4,7,10H,5-6,8-9,11H2,1-2H3,(H,18,19). The Bertz CT molecular complexity index is 426. The zero-order valence-corrected chi connectivity index (χ0v) is 11.5. The fourth-order valence-corrected chi connectivity index (χ4v) is 2.68. The zero-order valence-electron chi connectivity index (χ0n) is 11.5. The molecular weight excluding hydrogens is 242 g/mol. The number of hydrogen-bond acceptors (Lipinski definition) is 4. The number of likely N-dealkylation sites (tertiary alicyclic amines) is 1. The molecule has 0 radical (unpaired) electrons. The second-order valence-corrected chi connectivity index (χ2v) is 5.37. The highest BCUT2D eigenvalue weighted by molar-refractivity contribution is 5.78. The molecule has 0 atom stereocenters. The third kappa shape index (κ3) is 2.93. The second kappa shape index (κ2) is 5.67. The summed E-state index contributed by atoms with van der Waals surface area (Å²) < 4.78 is 0. The Morgan fingerprint density at radius 1 is 1.47 bits per heavy atom. The van der Waals surface area contributed by atoms with Crippen molar-refractivity contribution in [1.29, 1.82) is 0 Å². The summed E-state index contributed by atoms with van der Waals surface area (Å²) in [5.41, 5.74) is 0.473. The summed E-state index contributed by atoms with van der Waals surface area (Å²) in [6, 6.07) is 3.98. The van der Waals surface area contributed by atoms with Crippen LogP contribution in [0.5, 0.6) is 0 Å². The number of carboxylic acid groups (broad SMARTS) is 1. The first-order valence-corrected chi connectivity index (χ1v) is 6.57. The topological polar surface area (TPSA) is 56.7 Å². The molecule has 2 rings (SSSR count). The summed E-state index contributed by atoms with van der Waals surface area (Å²) in [6.45, 7) is 2.45. The van der Waals surface area contributed by atoms with Crippen LogP contribution in [0.1, 0.15) is 18.4 Å². The molecule has 0 unspecified atom stereocenters. The van der Waals surface area contributed by atoms with Crippen LogP contribution in [0.2, 0.25) is 0 Å². The molecule has 1 N–H and O–H groups in total.